The van der Waals surface area contributed by atoms with Gasteiger partial charge in [0.15, 0.2) is 5.71 Å². The fraction of sp³-hybridized carbons (Fsp3) is 0.382. The molecule has 1 aromatic carbocycles. The fourth-order valence-corrected chi connectivity index (χ4v) is 6.69. The lowest BCUT2D eigenvalue weighted by Crippen LogP contribution is -2.71. The van der Waals surface area contributed by atoms with Crippen LogP contribution in [0, 0.1) is 0 Å². The molecule has 0 spiro atoms. The van der Waals surface area contributed by atoms with E-state index in [9.17, 15) is 19.2 Å². The molecule has 0 aliphatic carbocycles. The molecule has 3 aliphatic rings. The highest BCUT2D eigenvalue weighted by atomic mass is 127. The van der Waals surface area contributed by atoms with Gasteiger partial charge in [0.05, 0.1) is 12.1 Å². The fourth-order valence-electron chi connectivity index (χ4n) is 4.51. The van der Waals surface area contributed by atoms with Gasteiger partial charge >= 0.3 is 11.9 Å². The van der Waals surface area contributed by atoms with Crippen LogP contribution in [0.15, 0.2) is 87.1 Å². The average molecular weight is 823 g/mol. The third kappa shape index (κ3) is 9.72. The molecule has 1 fully saturated rings. The van der Waals surface area contributed by atoms with Crippen LogP contribution in [0.2, 0.25) is 0 Å². The molecule has 3 heterocycles. The number of hydrogen-bond donors (Lipinski definition) is 2. The number of fused-ring (bicyclic) bond motifs is 1. The van der Waals surface area contributed by atoms with E-state index in [0.717, 1.165) is 5.56 Å². The molecule has 12 nitrogen and oxygen atoms in total. The van der Waals surface area contributed by atoms with Crippen LogP contribution in [-0.2, 0) is 40.1 Å². The summed E-state index contributed by atoms with van der Waals surface area (Å²) in [6.45, 7) is 8.13. The van der Waals surface area contributed by atoms with Crippen molar-refractivity contribution in [3.63, 3.8) is 0 Å². The summed E-state index contributed by atoms with van der Waals surface area (Å²) < 4.78 is 17.0. The number of amides is 2. The Morgan fingerprint density at radius 2 is 1.88 bits per heavy atom. The number of carbonyl (C=O) groups is 4. The molecule has 0 saturated carbocycles. The Morgan fingerprint density at radius 1 is 1.16 bits per heavy atom. The van der Waals surface area contributed by atoms with Crippen molar-refractivity contribution in [2.24, 2.45) is 10.9 Å². The Labute approximate surface area is 307 Å². The van der Waals surface area contributed by atoms with Gasteiger partial charge < -0.3 is 30.1 Å². The van der Waals surface area contributed by atoms with Gasteiger partial charge in [0.2, 0.25) is 5.60 Å². The number of rotatable bonds is 12. The third-order valence-electron chi connectivity index (χ3n) is 7.02. The number of carbonyl (C=O) groups excluding carboxylic acids is 4. The van der Waals surface area contributed by atoms with Gasteiger partial charge in [0, 0.05) is 15.8 Å². The van der Waals surface area contributed by atoms with E-state index in [1.54, 1.807) is 75.8 Å². The first-order valence-corrected chi connectivity index (χ1v) is 18.6. The van der Waals surface area contributed by atoms with Crippen molar-refractivity contribution in [2.75, 3.05) is 17.3 Å². The predicted octanol–water partition coefficient (Wildman–Crippen LogP) is 4.86. The Hall–Kier alpha value is -3.70. The first kappa shape index (κ1) is 38.1. The third-order valence-corrected chi connectivity index (χ3v) is 9.61. The number of β-lactam (4-membered cyclic amide) rings is 1. The number of halogens is 1. The van der Waals surface area contributed by atoms with Crippen molar-refractivity contribution < 1.29 is 38.2 Å². The highest BCUT2D eigenvalue weighted by Crippen LogP contribution is 2.41. The van der Waals surface area contributed by atoms with Gasteiger partial charge in [-0.15, -0.1) is 11.8 Å². The number of nitrogens with two attached hydrogens (primary N) is 1. The molecule has 0 radical (unpaired) electrons. The van der Waals surface area contributed by atoms with Gasteiger partial charge in [-0.2, -0.15) is 0 Å². The second-order valence-corrected chi connectivity index (χ2v) is 15.3. The number of benzene rings is 1. The van der Waals surface area contributed by atoms with E-state index in [-0.39, 0.29) is 18.0 Å². The number of nitrogens with one attached hydrogen (secondary N) is 1. The summed E-state index contributed by atoms with van der Waals surface area (Å²) in [6.07, 6.45) is 8.63. The molecule has 3 N–H and O–H groups in total. The lowest BCUT2D eigenvalue weighted by molar-refractivity contribution is -0.179. The summed E-state index contributed by atoms with van der Waals surface area (Å²) in [5.41, 5.74) is 5.32. The van der Waals surface area contributed by atoms with E-state index >= 15 is 0 Å². The molecule has 2 amide bonds. The van der Waals surface area contributed by atoms with E-state index in [1.165, 1.54) is 42.3 Å². The van der Waals surface area contributed by atoms with Crippen LogP contribution in [0.5, 0.6) is 5.75 Å². The Balaban J connectivity index is 1.55. The van der Waals surface area contributed by atoms with Crippen molar-refractivity contribution >= 4 is 75.6 Å². The number of esters is 2. The standard InChI is InChI=1S/C34H39IN4O8S2/c1-33(2,3)46-32(43)34(4,5)47-38-25(21-9-7-11-24(36)48-18-21)28(40)37-26-29(41)39-27(22(10-8-16-35)19-49-30(26)39)31(42)45-17-20-12-14-23(44-6)15-13-20/h7-15,18,26,30H,16-17,19,36H2,1-6H3,(H,37,40)/b10-8+,38-25-/t26-,30?/m1/s1. The van der Waals surface area contributed by atoms with Crippen molar-refractivity contribution in [3.8, 4) is 5.75 Å². The molecule has 2 atom stereocenters. The number of thioether (sulfide) groups is 2. The van der Waals surface area contributed by atoms with Crippen LogP contribution in [0.4, 0.5) is 0 Å². The number of nitrogens with zero attached hydrogens (tertiary/aromatic N) is 2. The van der Waals surface area contributed by atoms with E-state index in [1.807, 2.05) is 12.2 Å². The molecule has 1 saturated heterocycles. The molecule has 15 heteroatoms. The second kappa shape index (κ2) is 16.3. The zero-order valence-corrected chi connectivity index (χ0v) is 31.8. The van der Waals surface area contributed by atoms with Crippen molar-refractivity contribution in [1.82, 2.24) is 10.2 Å². The number of methoxy groups -OCH3 is 1. The van der Waals surface area contributed by atoms with Crippen LogP contribution in [-0.4, -0.2) is 74.3 Å². The first-order valence-electron chi connectivity index (χ1n) is 15.2. The molecule has 262 valence electrons. The van der Waals surface area contributed by atoms with Gasteiger partial charge in [-0.1, -0.05) is 75.9 Å². The molecule has 1 aromatic rings. The van der Waals surface area contributed by atoms with E-state index in [2.05, 4.69) is 33.1 Å². The quantitative estimate of drug-likeness (QED) is 0.0741. The lowest BCUT2D eigenvalue weighted by Gasteiger charge is -2.49. The smallest absolute Gasteiger partial charge is 0.355 e. The summed E-state index contributed by atoms with van der Waals surface area (Å²) in [6, 6.07) is 6.13. The molecule has 0 bridgehead atoms. The molecule has 4 rings (SSSR count). The minimum absolute atomic E-state index is 0.00487. The maximum Gasteiger partial charge on any atom is 0.355 e. The maximum atomic E-state index is 13.8. The highest BCUT2D eigenvalue weighted by molar-refractivity contribution is 14.1. The Kier molecular flexibility index (Phi) is 12.7. The lowest BCUT2D eigenvalue weighted by atomic mass is 10.0. The average Bonchev–Trinajstić information content (AvgIpc) is 3.28. The Morgan fingerprint density at radius 3 is 2.53 bits per heavy atom. The van der Waals surface area contributed by atoms with Crippen LogP contribution < -0.4 is 15.8 Å². The molecule has 1 unspecified atom stereocenters. The summed E-state index contributed by atoms with van der Waals surface area (Å²) >= 11 is 4.77. The Bertz CT molecular complexity index is 1660. The van der Waals surface area contributed by atoms with E-state index in [0.29, 0.717) is 32.1 Å². The molecule has 3 aliphatic heterocycles. The molecule has 0 aromatic heterocycles. The summed E-state index contributed by atoms with van der Waals surface area (Å²) in [7, 11) is 1.57. The largest absolute Gasteiger partial charge is 0.497 e. The minimum Gasteiger partial charge on any atom is -0.497 e. The topological polar surface area (TPSA) is 159 Å². The maximum absolute atomic E-state index is 13.8. The number of oxime groups is 1. The molecular formula is C34H39IN4O8S2. The van der Waals surface area contributed by atoms with Crippen LogP contribution in [0.25, 0.3) is 0 Å². The van der Waals surface area contributed by atoms with Gasteiger partial charge in [0.25, 0.3) is 11.8 Å². The van der Waals surface area contributed by atoms with E-state index < -0.39 is 46.4 Å². The van der Waals surface area contributed by atoms with Gasteiger partial charge in [-0.25, -0.2) is 9.59 Å². The van der Waals surface area contributed by atoms with Gasteiger partial charge in [0.1, 0.15) is 35.1 Å². The van der Waals surface area contributed by atoms with Crippen molar-refractivity contribution in [2.45, 2.75) is 63.8 Å². The second-order valence-electron chi connectivity index (χ2n) is 12.4. The van der Waals surface area contributed by atoms with Gasteiger partial charge in [-0.05, 0) is 69.4 Å². The number of alkyl halides is 1. The summed E-state index contributed by atoms with van der Waals surface area (Å²) in [5, 5.41) is 8.39. The SMILES string of the molecule is COc1ccc(COC(=O)C2=C(/C=C/CI)CSC3[C@H](NC(=O)/C(=N\OC(C)(C)C(=O)OC(C)(C)C)C4=CSC(N)=CC=C4)C(=O)N23)cc1. The minimum atomic E-state index is -1.55. The monoisotopic (exact) mass is 822 g/mol. The number of ether oxygens (including phenoxy) is 3. The van der Waals surface area contributed by atoms with Crippen LogP contribution in [0.3, 0.4) is 0 Å². The number of hydrogen-bond acceptors (Lipinski definition) is 12. The predicted molar refractivity (Wildman–Crippen MR) is 198 cm³/mol. The zero-order chi connectivity index (χ0) is 35.9. The summed E-state index contributed by atoms with van der Waals surface area (Å²) in [4.78, 5) is 60.8. The molecular weight excluding hydrogens is 783 g/mol. The first-order chi connectivity index (χ1) is 23.1. The summed E-state index contributed by atoms with van der Waals surface area (Å²) in [5.74, 6) is -1.45. The van der Waals surface area contributed by atoms with Gasteiger partial charge in [-0.3, -0.25) is 14.5 Å². The van der Waals surface area contributed by atoms with E-state index in [4.69, 9.17) is 24.8 Å². The normalized spacial score (nSPS) is 19.7. The molecule has 49 heavy (non-hydrogen) atoms. The highest BCUT2D eigenvalue weighted by Gasteiger charge is 2.54. The zero-order valence-electron chi connectivity index (χ0n) is 28.0. The van der Waals surface area contributed by atoms with Crippen molar-refractivity contribution in [1.29, 1.82) is 0 Å². The number of allylic oxidation sites excluding steroid dienone is 5. The van der Waals surface area contributed by atoms with Crippen molar-refractivity contribution in [3.05, 3.63) is 87.5 Å². The van der Waals surface area contributed by atoms with Crippen LogP contribution in [0.1, 0.15) is 40.2 Å². The van der Waals surface area contributed by atoms with Crippen LogP contribution >= 0.6 is 46.1 Å².